The zero-order chi connectivity index (χ0) is 14.8. The zero-order valence-electron chi connectivity index (χ0n) is 10.7. The Bertz CT molecular complexity index is 611. The van der Waals surface area contributed by atoms with Crippen molar-refractivity contribution in [2.75, 3.05) is 11.1 Å². The number of nitrogen functional groups attached to an aromatic ring is 1. The highest BCUT2D eigenvalue weighted by molar-refractivity contribution is 5.59. The number of rotatable bonds is 3. The third kappa shape index (κ3) is 3.37. The molecule has 0 aliphatic carbocycles. The average Bonchev–Trinajstić information content (AvgIpc) is 2.36. The molecule has 1 aromatic carbocycles. The number of anilines is 2. The number of aromatic nitrogens is 2. The Morgan fingerprint density at radius 2 is 2.00 bits per heavy atom. The van der Waals surface area contributed by atoms with Gasteiger partial charge in [0.05, 0.1) is 17.8 Å². The van der Waals surface area contributed by atoms with Gasteiger partial charge in [0.2, 0.25) is 0 Å². The number of halogens is 3. The Labute approximate surface area is 113 Å². The summed E-state index contributed by atoms with van der Waals surface area (Å²) in [6.45, 7) is 1.89. The van der Waals surface area contributed by atoms with Crippen LogP contribution in [0.1, 0.15) is 17.1 Å². The van der Waals surface area contributed by atoms with Gasteiger partial charge >= 0.3 is 6.18 Å². The van der Waals surface area contributed by atoms with Crippen LogP contribution in [0.5, 0.6) is 0 Å². The molecule has 0 saturated heterocycles. The van der Waals surface area contributed by atoms with E-state index in [0.717, 1.165) is 6.07 Å². The molecule has 20 heavy (non-hydrogen) atoms. The molecular weight excluding hydrogens is 269 g/mol. The third-order valence-electron chi connectivity index (χ3n) is 2.64. The molecule has 0 fully saturated rings. The van der Waals surface area contributed by atoms with E-state index in [-0.39, 0.29) is 17.9 Å². The standard InChI is InChI=1S/C13H13F3N4/c1-8-18-5-4-10(20-8)7-19-12-3-2-9(17)6-11(12)13(14,15)16/h2-6,19H,7,17H2,1H3. The van der Waals surface area contributed by atoms with Gasteiger partial charge in [0.15, 0.2) is 0 Å². The molecule has 0 spiro atoms. The van der Waals surface area contributed by atoms with Crippen molar-refractivity contribution < 1.29 is 13.2 Å². The molecule has 2 aromatic rings. The number of alkyl halides is 3. The second-order valence-corrected chi connectivity index (χ2v) is 4.25. The lowest BCUT2D eigenvalue weighted by molar-refractivity contribution is -0.136. The Morgan fingerprint density at radius 1 is 1.25 bits per heavy atom. The van der Waals surface area contributed by atoms with Gasteiger partial charge in [0.1, 0.15) is 5.82 Å². The van der Waals surface area contributed by atoms with Gasteiger partial charge < -0.3 is 11.1 Å². The predicted molar refractivity (Wildman–Crippen MR) is 70.0 cm³/mol. The first kappa shape index (κ1) is 14.1. The van der Waals surface area contributed by atoms with Crippen molar-refractivity contribution in [1.29, 1.82) is 0 Å². The van der Waals surface area contributed by atoms with Crippen LogP contribution in [0.25, 0.3) is 0 Å². The van der Waals surface area contributed by atoms with E-state index in [2.05, 4.69) is 15.3 Å². The highest BCUT2D eigenvalue weighted by Crippen LogP contribution is 2.36. The maximum absolute atomic E-state index is 12.9. The molecule has 3 N–H and O–H groups in total. The molecule has 1 heterocycles. The monoisotopic (exact) mass is 282 g/mol. The van der Waals surface area contributed by atoms with Crippen LogP contribution in [0, 0.1) is 6.92 Å². The van der Waals surface area contributed by atoms with Gasteiger partial charge in [-0.15, -0.1) is 0 Å². The lowest BCUT2D eigenvalue weighted by Gasteiger charge is -2.15. The quantitative estimate of drug-likeness (QED) is 0.849. The van der Waals surface area contributed by atoms with E-state index in [1.165, 1.54) is 12.1 Å². The fourth-order valence-corrected chi connectivity index (χ4v) is 1.74. The third-order valence-corrected chi connectivity index (χ3v) is 2.64. The molecule has 2 rings (SSSR count). The van der Waals surface area contributed by atoms with Gasteiger partial charge in [-0.05, 0) is 31.2 Å². The Balaban J connectivity index is 2.21. The van der Waals surface area contributed by atoms with Crippen molar-refractivity contribution in [2.45, 2.75) is 19.6 Å². The number of hydrogen-bond donors (Lipinski definition) is 2. The molecule has 0 saturated carbocycles. The SMILES string of the molecule is Cc1nccc(CNc2ccc(N)cc2C(F)(F)F)n1. The lowest BCUT2D eigenvalue weighted by Crippen LogP contribution is -2.12. The molecule has 0 aliphatic rings. The van der Waals surface area contributed by atoms with Crippen molar-refractivity contribution >= 4 is 11.4 Å². The molecule has 0 atom stereocenters. The summed E-state index contributed by atoms with van der Waals surface area (Å²) in [4.78, 5) is 8.05. The van der Waals surface area contributed by atoms with Crippen molar-refractivity contribution in [2.24, 2.45) is 0 Å². The summed E-state index contributed by atoms with van der Waals surface area (Å²) in [6, 6.07) is 5.28. The minimum atomic E-state index is -4.46. The first-order chi connectivity index (χ1) is 9.36. The maximum Gasteiger partial charge on any atom is 0.418 e. The van der Waals surface area contributed by atoms with E-state index in [0.29, 0.717) is 11.5 Å². The summed E-state index contributed by atoms with van der Waals surface area (Å²) in [5.74, 6) is 0.567. The molecule has 0 amide bonds. The molecular formula is C13H13F3N4. The van der Waals surface area contributed by atoms with Crippen LogP contribution in [0.3, 0.4) is 0 Å². The Hall–Kier alpha value is -2.31. The number of benzene rings is 1. The van der Waals surface area contributed by atoms with Gasteiger partial charge in [0.25, 0.3) is 0 Å². The van der Waals surface area contributed by atoms with Crippen molar-refractivity contribution in [1.82, 2.24) is 9.97 Å². The molecule has 1 aromatic heterocycles. The summed E-state index contributed by atoms with van der Waals surface area (Å²) in [5.41, 5.74) is 5.27. The first-order valence-corrected chi connectivity index (χ1v) is 5.85. The van der Waals surface area contributed by atoms with E-state index in [1.807, 2.05) is 0 Å². The van der Waals surface area contributed by atoms with Crippen LogP contribution in [0.15, 0.2) is 30.5 Å². The normalized spacial score (nSPS) is 11.4. The van der Waals surface area contributed by atoms with Crippen molar-refractivity contribution in [3.8, 4) is 0 Å². The van der Waals surface area contributed by atoms with Crippen LogP contribution < -0.4 is 11.1 Å². The van der Waals surface area contributed by atoms with E-state index in [4.69, 9.17) is 5.73 Å². The Morgan fingerprint density at radius 3 is 2.65 bits per heavy atom. The summed E-state index contributed by atoms with van der Waals surface area (Å²) in [6.07, 6.45) is -2.90. The fraction of sp³-hybridized carbons (Fsp3) is 0.231. The van der Waals surface area contributed by atoms with E-state index in [1.54, 1.807) is 19.2 Å². The van der Waals surface area contributed by atoms with Crippen molar-refractivity contribution in [3.05, 3.63) is 47.5 Å². The summed E-state index contributed by atoms with van der Waals surface area (Å²) in [5, 5.41) is 2.72. The van der Waals surface area contributed by atoms with Gasteiger partial charge in [-0.25, -0.2) is 9.97 Å². The largest absolute Gasteiger partial charge is 0.418 e. The van der Waals surface area contributed by atoms with Crippen LogP contribution in [0.2, 0.25) is 0 Å². The minimum Gasteiger partial charge on any atom is -0.399 e. The average molecular weight is 282 g/mol. The number of hydrogen-bond acceptors (Lipinski definition) is 4. The van der Waals surface area contributed by atoms with Crippen LogP contribution in [-0.2, 0) is 12.7 Å². The maximum atomic E-state index is 12.9. The smallest absolute Gasteiger partial charge is 0.399 e. The first-order valence-electron chi connectivity index (χ1n) is 5.85. The highest BCUT2D eigenvalue weighted by Gasteiger charge is 2.33. The Kier molecular flexibility index (Phi) is 3.78. The topological polar surface area (TPSA) is 63.8 Å². The zero-order valence-corrected chi connectivity index (χ0v) is 10.7. The van der Waals surface area contributed by atoms with E-state index >= 15 is 0 Å². The second kappa shape index (κ2) is 5.36. The minimum absolute atomic E-state index is 0.0250. The lowest BCUT2D eigenvalue weighted by atomic mass is 10.1. The number of nitrogens with zero attached hydrogens (tertiary/aromatic N) is 2. The predicted octanol–water partition coefficient (Wildman–Crippen LogP) is 3.00. The van der Waals surface area contributed by atoms with E-state index < -0.39 is 11.7 Å². The molecule has 0 unspecified atom stereocenters. The molecule has 4 nitrogen and oxygen atoms in total. The summed E-state index contributed by atoms with van der Waals surface area (Å²) < 4.78 is 38.7. The van der Waals surface area contributed by atoms with Gasteiger partial charge in [-0.3, -0.25) is 0 Å². The van der Waals surface area contributed by atoms with Crippen LogP contribution >= 0.6 is 0 Å². The summed E-state index contributed by atoms with van der Waals surface area (Å²) in [7, 11) is 0. The number of nitrogens with two attached hydrogens (primary N) is 1. The van der Waals surface area contributed by atoms with Gasteiger partial charge in [-0.2, -0.15) is 13.2 Å². The van der Waals surface area contributed by atoms with Gasteiger partial charge in [0, 0.05) is 17.6 Å². The fourth-order valence-electron chi connectivity index (χ4n) is 1.74. The molecule has 106 valence electrons. The highest BCUT2D eigenvalue weighted by atomic mass is 19.4. The van der Waals surface area contributed by atoms with Gasteiger partial charge in [-0.1, -0.05) is 0 Å². The number of nitrogens with one attached hydrogen (secondary N) is 1. The molecule has 7 heteroatoms. The molecule has 0 radical (unpaired) electrons. The molecule has 0 aliphatic heterocycles. The van der Waals surface area contributed by atoms with E-state index in [9.17, 15) is 13.2 Å². The summed E-state index contributed by atoms with van der Waals surface area (Å²) >= 11 is 0. The second-order valence-electron chi connectivity index (χ2n) is 4.25. The van der Waals surface area contributed by atoms with Crippen LogP contribution in [-0.4, -0.2) is 9.97 Å². The molecule has 0 bridgehead atoms. The van der Waals surface area contributed by atoms with Crippen LogP contribution in [0.4, 0.5) is 24.5 Å². The van der Waals surface area contributed by atoms with Crippen molar-refractivity contribution in [3.63, 3.8) is 0 Å². The number of aryl methyl sites for hydroxylation is 1.